The van der Waals surface area contributed by atoms with Crippen molar-refractivity contribution in [3.05, 3.63) is 29.3 Å². The summed E-state index contributed by atoms with van der Waals surface area (Å²) < 4.78 is 0. The number of carbonyl (C=O) groups excluding carboxylic acids is 2. The second kappa shape index (κ2) is 5.18. The van der Waals surface area contributed by atoms with Crippen molar-refractivity contribution >= 4 is 17.5 Å². The van der Waals surface area contributed by atoms with Crippen molar-refractivity contribution in [3.63, 3.8) is 0 Å². The zero-order valence-corrected chi connectivity index (χ0v) is 10.5. The second-order valence-corrected chi connectivity index (χ2v) is 4.13. The molecular formula is C13H16N2O3. The van der Waals surface area contributed by atoms with E-state index >= 15 is 0 Å². The van der Waals surface area contributed by atoms with Crippen LogP contribution in [0.1, 0.15) is 29.8 Å². The molecule has 18 heavy (non-hydrogen) atoms. The normalized spacial score (nSPS) is 13.3. The van der Waals surface area contributed by atoms with E-state index in [1.54, 1.807) is 24.8 Å². The molecule has 1 N–H and O–H groups in total. The van der Waals surface area contributed by atoms with E-state index in [0.29, 0.717) is 18.7 Å². The van der Waals surface area contributed by atoms with Gasteiger partial charge in [-0.05, 0) is 37.1 Å². The molecule has 0 bridgehead atoms. The highest BCUT2D eigenvalue weighted by Gasteiger charge is 2.23. The van der Waals surface area contributed by atoms with Crippen LogP contribution in [0.4, 0.5) is 5.69 Å². The molecule has 1 aromatic carbocycles. The summed E-state index contributed by atoms with van der Waals surface area (Å²) in [4.78, 5) is 29.7. The Kier molecular flexibility index (Phi) is 3.62. The van der Waals surface area contributed by atoms with Crippen molar-refractivity contribution in [2.75, 3.05) is 18.1 Å². The maximum atomic E-state index is 11.7. The standard InChI is InChI=1S/C13H16N2O3/c1-3-18-14-13(17)11-4-5-12-10(8-11)6-7-15(12)9(2)16/h4-5,8H,3,6-7H2,1-2H3,(H,14,17). The number of hydroxylamine groups is 1. The van der Waals surface area contributed by atoms with Gasteiger partial charge in [-0.1, -0.05) is 0 Å². The number of nitrogens with one attached hydrogen (secondary N) is 1. The lowest BCUT2D eigenvalue weighted by atomic mass is 10.1. The summed E-state index contributed by atoms with van der Waals surface area (Å²) in [5.41, 5.74) is 4.82. The molecule has 1 aromatic rings. The van der Waals surface area contributed by atoms with E-state index in [0.717, 1.165) is 17.7 Å². The highest BCUT2D eigenvalue weighted by atomic mass is 16.6. The highest BCUT2D eigenvalue weighted by molar-refractivity contribution is 5.97. The highest BCUT2D eigenvalue weighted by Crippen LogP contribution is 2.28. The van der Waals surface area contributed by atoms with E-state index in [9.17, 15) is 9.59 Å². The number of benzene rings is 1. The Morgan fingerprint density at radius 2 is 2.22 bits per heavy atom. The Labute approximate surface area is 106 Å². The summed E-state index contributed by atoms with van der Waals surface area (Å²) >= 11 is 0. The number of rotatable bonds is 3. The van der Waals surface area contributed by atoms with E-state index < -0.39 is 0 Å². The van der Waals surface area contributed by atoms with Crippen LogP contribution in [0.5, 0.6) is 0 Å². The fourth-order valence-corrected chi connectivity index (χ4v) is 2.07. The summed E-state index contributed by atoms with van der Waals surface area (Å²) in [5, 5.41) is 0. The van der Waals surface area contributed by atoms with Gasteiger partial charge >= 0.3 is 0 Å². The predicted molar refractivity (Wildman–Crippen MR) is 67.3 cm³/mol. The van der Waals surface area contributed by atoms with Crippen molar-refractivity contribution in [2.45, 2.75) is 20.3 Å². The number of hydrogen-bond donors (Lipinski definition) is 1. The molecule has 0 saturated carbocycles. The number of fused-ring (bicyclic) bond motifs is 1. The van der Waals surface area contributed by atoms with Crippen LogP contribution in [-0.4, -0.2) is 25.0 Å². The van der Waals surface area contributed by atoms with E-state index in [1.165, 1.54) is 0 Å². The topological polar surface area (TPSA) is 58.6 Å². The molecule has 0 aromatic heterocycles. The van der Waals surface area contributed by atoms with Crippen LogP contribution >= 0.6 is 0 Å². The largest absolute Gasteiger partial charge is 0.312 e. The first-order chi connectivity index (χ1) is 8.63. The molecule has 2 amide bonds. The summed E-state index contributed by atoms with van der Waals surface area (Å²) in [6.07, 6.45) is 0.782. The van der Waals surface area contributed by atoms with Gasteiger partial charge in [0.25, 0.3) is 5.91 Å². The third kappa shape index (κ3) is 2.36. The van der Waals surface area contributed by atoms with Gasteiger partial charge in [0.2, 0.25) is 5.91 Å². The zero-order valence-electron chi connectivity index (χ0n) is 10.5. The molecular weight excluding hydrogens is 232 g/mol. The predicted octanol–water partition coefficient (Wildman–Crippen LogP) is 1.28. The molecule has 0 spiro atoms. The lowest BCUT2D eigenvalue weighted by Crippen LogP contribution is -2.26. The Bertz CT molecular complexity index is 485. The van der Waals surface area contributed by atoms with Gasteiger partial charge in [0.15, 0.2) is 0 Å². The summed E-state index contributed by atoms with van der Waals surface area (Å²) in [5.74, 6) is -0.235. The minimum atomic E-state index is -0.263. The van der Waals surface area contributed by atoms with Crippen LogP contribution in [0.25, 0.3) is 0 Å². The van der Waals surface area contributed by atoms with Crippen LogP contribution in [0.3, 0.4) is 0 Å². The van der Waals surface area contributed by atoms with Gasteiger partial charge in [0.1, 0.15) is 0 Å². The van der Waals surface area contributed by atoms with Gasteiger partial charge in [0.05, 0.1) is 6.61 Å². The van der Waals surface area contributed by atoms with Crippen molar-refractivity contribution < 1.29 is 14.4 Å². The zero-order chi connectivity index (χ0) is 13.1. The Balaban J connectivity index is 2.19. The smallest absolute Gasteiger partial charge is 0.274 e. The lowest BCUT2D eigenvalue weighted by Gasteiger charge is -2.14. The van der Waals surface area contributed by atoms with E-state index in [-0.39, 0.29) is 11.8 Å². The molecule has 1 heterocycles. The number of hydrogen-bond acceptors (Lipinski definition) is 3. The minimum absolute atomic E-state index is 0.0280. The van der Waals surface area contributed by atoms with Crippen LogP contribution < -0.4 is 10.4 Å². The molecule has 2 rings (SSSR count). The van der Waals surface area contributed by atoms with Gasteiger partial charge in [-0.2, -0.15) is 0 Å². The van der Waals surface area contributed by atoms with Crippen molar-refractivity contribution in [1.82, 2.24) is 5.48 Å². The summed E-state index contributed by atoms with van der Waals surface area (Å²) in [6.45, 7) is 4.45. The van der Waals surface area contributed by atoms with E-state index in [4.69, 9.17) is 4.84 Å². The maximum absolute atomic E-state index is 11.7. The molecule has 0 aliphatic carbocycles. The SMILES string of the molecule is CCONC(=O)c1ccc2c(c1)CCN2C(C)=O. The molecule has 0 unspecified atom stereocenters. The fraction of sp³-hybridized carbons (Fsp3) is 0.385. The molecule has 1 aliphatic rings. The van der Waals surface area contributed by atoms with Crippen LogP contribution in [-0.2, 0) is 16.1 Å². The molecule has 0 fully saturated rings. The van der Waals surface area contributed by atoms with Crippen LogP contribution in [0, 0.1) is 0 Å². The van der Waals surface area contributed by atoms with Gasteiger partial charge in [0, 0.05) is 24.7 Å². The molecule has 0 saturated heterocycles. The lowest BCUT2D eigenvalue weighted by molar-refractivity contribution is -0.116. The molecule has 0 radical (unpaired) electrons. The first-order valence-electron chi connectivity index (χ1n) is 5.96. The van der Waals surface area contributed by atoms with Crippen molar-refractivity contribution in [1.29, 1.82) is 0 Å². The number of nitrogens with zero attached hydrogens (tertiary/aromatic N) is 1. The Morgan fingerprint density at radius 1 is 1.44 bits per heavy atom. The number of carbonyl (C=O) groups is 2. The molecule has 96 valence electrons. The number of anilines is 1. The molecule has 1 aliphatic heterocycles. The van der Waals surface area contributed by atoms with Gasteiger partial charge < -0.3 is 4.90 Å². The van der Waals surface area contributed by atoms with E-state index in [1.807, 2.05) is 12.1 Å². The summed E-state index contributed by atoms with van der Waals surface area (Å²) in [7, 11) is 0. The first kappa shape index (κ1) is 12.6. The molecule has 5 heteroatoms. The van der Waals surface area contributed by atoms with Crippen LogP contribution in [0.2, 0.25) is 0 Å². The van der Waals surface area contributed by atoms with Crippen molar-refractivity contribution in [2.24, 2.45) is 0 Å². The van der Waals surface area contributed by atoms with Gasteiger partial charge in [-0.3, -0.25) is 14.4 Å². The number of amides is 2. The van der Waals surface area contributed by atoms with E-state index in [2.05, 4.69) is 5.48 Å². The fourth-order valence-electron chi connectivity index (χ4n) is 2.07. The quantitative estimate of drug-likeness (QED) is 0.820. The Morgan fingerprint density at radius 3 is 2.89 bits per heavy atom. The third-order valence-corrected chi connectivity index (χ3v) is 2.93. The maximum Gasteiger partial charge on any atom is 0.274 e. The average Bonchev–Trinajstić information content (AvgIpc) is 2.78. The van der Waals surface area contributed by atoms with Crippen LogP contribution in [0.15, 0.2) is 18.2 Å². The Hall–Kier alpha value is -1.88. The third-order valence-electron chi connectivity index (χ3n) is 2.93. The van der Waals surface area contributed by atoms with Gasteiger partial charge in [-0.25, -0.2) is 5.48 Å². The molecule has 5 nitrogen and oxygen atoms in total. The monoisotopic (exact) mass is 248 g/mol. The summed E-state index contributed by atoms with van der Waals surface area (Å²) in [6, 6.07) is 5.33. The molecule has 0 atom stereocenters. The minimum Gasteiger partial charge on any atom is -0.312 e. The second-order valence-electron chi connectivity index (χ2n) is 4.13. The average molecular weight is 248 g/mol. The van der Waals surface area contributed by atoms with Gasteiger partial charge in [-0.15, -0.1) is 0 Å². The first-order valence-corrected chi connectivity index (χ1v) is 5.96. The van der Waals surface area contributed by atoms with Crippen molar-refractivity contribution in [3.8, 4) is 0 Å².